The first-order chi connectivity index (χ1) is 18.0. The molecule has 0 saturated heterocycles. The highest BCUT2D eigenvalue weighted by molar-refractivity contribution is 6.06. The number of nitrogens with zero attached hydrogens (tertiary/aromatic N) is 3. The van der Waals surface area contributed by atoms with E-state index in [0.717, 1.165) is 35.1 Å². The van der Waals surface area contributed by atoms with E-state index in [9.17, 15) is 31.5 Å². The molecule has 1 amide bonds. The third-order valence-corrected chi connectivity index (χ3v) is 5.50. The summed E-state index contributed by atoms with van der Waals surface area (Å²) in [6.45, 7) is -3.06. The van der Waals surface area contributed by atoms with Gasteiger partial charge >= 0.3 is 12.8 Å². The van der Waals surface area contributed by atoms with Crippen molar-refractivity contribution >= 4 is 11.6 Å². The molecular formula is C25H19F5N4O4. The third kappa shape index (κ3) is 5.21. The van der Waals surface area contributed by atoms with Gasteiger partial charge in [-0.2, -0.15) is 26.6 Å². The molecule has 4 aromatic rings. The lowest BCUT2D eigenvalue weighted by atomic mass is 10.1. The molecule has 2 aromatic carbocycles. The fraction of sp³-hybridized carbons (Fsp3) is 0.160. The summed E-state index contributed by atoms with van der Waals surface area (Å²) in [5.74, 6) is -1.20. The highest BCUT2D eigenvalue weighted by atomic mass is 19.4. The zero-order chi connectivity index (χ0) is 27.6. The van der Waals surface area contributed by atoms with Gasteiger partial charge in [0.25, 0.3) is 11.5 Å². The second kappa shape index (κ2) is 10.4. The summed E-state index contributed by atoms with van der Waals surface area (Å²) in [6.07, 6.45) is -3.71. The Hall–Kier alpha value is -4.68. The number of aromatic nitrogens is 3. The molecule has 4 rings (SSSR count). The standard InChI is InChI=1S/C25H19F5N4O4/c1-33-20(14-5-9-16(37-2)10-6-14)19(32-22(35)15-7-11-17(12-8-15)38-24(26)27)23(36)34(33)21-18(25(28,29)30)4-3-13-31-21/h3-13,24H,1-2H3,(H,32,35). The molecule has 8 nitrogen and oxygen atoms in total. The van der Waals surface area contributed by atoms with Crippen LogP contribution in [0, 0.1) is 0 Å². The smallest absolute Gasteiger partial charge is 0.420 e. The minimum atomic E-state index is -4.82. The van der Waals surface area contributed by atoms with Crippen LogP contribution < -0.4 is 20.3 Å². The summed E-state index contributed by atoms with van der Waals surface area (Å²) in [6, 6.07) is 12.8. The Morgan fingerprint density at radius 1 is 1.00 bits per heavy atom. The zero-order valence-electron chi connectivity index (χ0n) is 19.8. The van der Waals surface area contributed by atoms with E-state index < -0.39 is 35.6 Å². The number of methoxy groups -OCH3 is 1. The summed E-state index contributed by atoms with van der Waals surface area (Å²) in [5.41, 5.74) is -2.01. The van der Waals surface area contributed by atoms with Crippen molar-refractivity contribution in [3.8, 4) is 28.6 Å². The van der Waals surface area contributed by atoms with Crippen molar-refractivity contribution < 1.29 is 36.2 Å². The quantitative estimate of drug-likeness (QED) is 0.333. The van der Waals surface area contributed by atoms with Crippen molar-refractivity contribution in [2.45, 2.75) is 12.8 Å². The van der Waals surface area contributed by atoms with Crippen molar-refractivity contribution in [1.29, 1.82) is 0 Å². The van der Waals surface area contributed by atoms with Gasteiger partial charge in [0.15, 0.2) is 5.82 Å². The Morgan fingerprint density at radius 2 is 1.63 bits per heavy atom. The molecule has 0 spiro atoms. The normalized spacial score (nSPS) is 11.5. The molecule has 0 radical (unpaired) electrons. The molecule has 0 saturated carbocycles. The molecule has 0 bridgehead atoms. The summed E-state index contributed by atoms with van der Waals surface area (Å²) < 4.78 is 77.3. The molecule has 1 N–H and O–H groups in total. The average Bonchev–Trinajstić information content (AvgIpc) is 3.12. The van der Waals surface area contributed by atoms with E-state index in [4.69, 9.17) is 4.74 Å². The van der Waals surface area contributed by atoms with Gasteiger partial charge in [-0.3, -0.25) is 14.3 Å². The number of alkyl halides is 5. The number of halogens is 5. The van der Waals surface area contributed by atoms with Crippen LogP contribution in [0.5, 0.6) is 11.5 Å². The first-order valence-corrected chi connectivity index (χ1v) is 10.9. The van der Waals surface area contributed by atoms with Crippen LogP contribution >= 0.6 is 0 Å². The first-order valence-electron chi connectivity index (χ1n) is 10.9. The Bertz CT molecular complexity index is 1510. The van der Waals surface area contributed by atoms with Crippen LogP contribution in [0.3, 0.4) is 0 Å². The molecule has 0 atom stereocenters. The van der Waals surface area contributed by atoms with E-state index in [-0.39, 0.29) is 22.7 Å². The average molecular weight is 534 g/mol. The van der Waals surface area contributed by atoms with Gasteiger partial charge < -0.3 is 14.8 Å². The maximum atomic E-state index is 13.7. The van der Waals surface area contributed by atoms with Gasteiger partial charge in [-0.15, -0.1) is 0 Å². The third-order valence-electron chi connectivity index (χ3n) is 5.50. The Labute approximate surface area is 211 Å². The number of hydrogen-bond acceptors (Lipinski definition) is 5. The lowest BCUT2D eigenvalue weighted by Gasteiger charge is -2.14. The van der Waals surface area contributed by atoms with Gasteiger partial charge in [-0.1, -0.05) is 0 Å². The Balaban J connectivity index is 1.85. The predicted molar refractivity (Wildman–Crippen MR) is 127 cm³/mol. The maximum Gasteiger partial charge on any atom is 0.420 e. The fourth-order valence-electron chi connectivity index (χ4n) is 3.80. The Morgan fingerprint density at radius 3 is 2.21 bits per heavy atom. The molecule has 13 heteroatoms. The van der Waals surface area contributed by atoms with Crippen molar-refractivity contribution in [2.24, 2.45) is 7.05 Å². The van der Waals surface area contributed by atoms with Gasteiger partial charge in [0.05, 0.1) is 12.8 Å². The molecule has 2 aromatic heterocycles. The molecule has 0 aliphatic rings. The second-order valence-corrected chi connectivity index (χ2v) is 7.82. The molecule has 0 fully saturated rings. The van der Waals surface area contributed by atoms with E-state index in [1.807, 2.05) is 0 Å². The lowest BCUT2D eigenvalue weighted by Crippen LogP contribution is -2.26. The van der Waals surface area contributed by atoms with E-state index in [1.54, 1.807) is 24.3 Å². The summed E-state index contributed by atoms with van der Waals surface area (Å²) in [4.78, 5) is 30.3. The Kier molecular flexibility index (Phi) is 7.19. The number of anilines is 1. The van der Waals surface area contributed by atoms with Crippen molar-refractivity contribution in [1.82, 2.24) is 14.3 Å². The number of hydrogen-bond donors (Lipinski definition) is 1. The van der Waals surface area contributed by atoms with Crippen molar-refractivity contribution in [3.05, 3.63) is 88.3 Å². The molecule has 198 valence electrons. The van der Waals surface area contributed by atoms with Crippen LogP contribution in [0.4, 0.5) is 27.6 Å². The maximum absolute atomic E-state index is 13.7. The number of carbonyl (C=O) groups excluding carboxylic acids is 1. The molecule has 0 aliphatic carbocycles. The highest BCUT2D eigenvalue weighted by Crippen LogP contribution is 2.34. The van der Waals surface area contributed by atoms with Crippen LogP contribution in [0.1, 0.15) is 15.9 Å². The monoisotopic (exact) mass is 534 g/mol. The summed E-state index contributed by atoms with van der Waals surface area (Å²) >= 11 is 0. The van der Waals surface area contributed by atoms with E-state index >= 15 is 0 Å². The highest BCUT2D eigenvalue weighted by Gasteiger charge is 2.36. The van der Waals surface area contributed by atoms with Crippen LogP contribution in [0.2, 0.25) is 0 Å². The van der Waals surface area contributed by atoms with Crippen LogP contribution in [0.25, 0.3) is 17.1 Å². The SMILES string of the molecule is COc1ccc(-c2c(NC(=O)c3ccc(OC(F)F)cc3)c(=O)n(-c3ncccc3C(F)(F)F)n2C)cc1. The number of ether oxygens (including phenoxy) is 2. The van der Waals surface area contributed by atoms with Crippen LogP contribution in [-0.2, 0) is 13.2 Å². The van der Waals surface area contributed by atoms with E-state index in [1.165, 1.54) is 26.3 Å². The molecular weight excluding hydrogens is 515 g/mol. The molecule has 2 heterocycles. The van der Waals surface area contributed by atoms with Gasteiger partial charge in [-0.25, -0.2) is 4.98 Å². The van der Waals surface area contributed by atoms with Crippen LogP contribution in [-0.4, -0.2) is 34.0 Å². The number of benzene rings is 2. The minimum absolute atomic E-state index is 0.0177. The van der Waals surface area contributed by atoms with Crippen molar-refractivity contribution in [3.63, 3.8) is 0 Å². The van der Waals surface area contributed by atoms with Gasteiger partial charge in [0.1, 0.15) is 22.7 Å². The van der Waals surface area contributed by atoms with Crippen LogP contribution in [0.15, 0.2) is 71.7 Å². The van der Waals surface area contributed by atoms with Crippen molar-refractivity contribution in [2.75, 3.05) is 12.4 Å². The zero-order valence-corrected chi connectivity index (χ0v) is 19.8. The molecule has 0 unspecified atom stereocenters. The summed E-state index contributed by atoms with van der Waals surface area (Å²) in [5, 5.41) is 2.45. The second-order valence-electron chi connectivity index (χ2n) is 7.82. The first kappa shape index (κ1) is 26.4. The minimum Gasteiger partial charge on any atom is -0.497 e. The largest absolute Gasteiger partial charge is 0.497 e. The molecule has 38 heavy (non-hydrogen) atoms. The number of rotatable bonds is 7. The topological polar surface area (TPSA) is 87.4 Å². The lowest BCUT2D eigenvalue weighted by molar-refractivity contribution is -0.137. The van der Waals surface area contributed by atoms with Gasteiger partial charge in [0, 0.05) is 24.4 Å². The number of carbonyl (C=O) groups is 1. The number of amides is 1. The molecule has 0 aliphatic heterocycles. The van der Waals surface area contributed by atoms with E-state index in [0.29, 0.717) is 16.0 Å². The summed E-state index contributed by atoms with van der Waals surface area (Å²) in [7, 11) is 2.80. The fourth-order valence-corrected chi connectivity index (χ4v) is 3.80. The predicted octanol–water partition coefficient (Wildman–Crippen LogP) is 5.12. The van der Waals surface area contributed by atoms with Gasteiger partial charge in [0.2, 0.25) is 0 Å². The van der Waals surface area contributed by atoms with E-state index in [2.05, 4.69) is 15.0 Å². The number of nitrogens with one attached hydrogen (secondary N) is 1. The number of pyridine rings is 1. The van der Waals surface area contributed by atoms with Gasteiger partial charge in [-0.05, 0) is 60.7 Å².